The van der Waals surface area contributed by atoms with Crippen molar-refractivity contribution in [1.29, 1.82) is 0 Å². The highest BCUT2D eigenvalue weighted by atomic mass is 79.9. The van der Waals surface area contributed by atoms with Crippen LogP contribution >= 0.6 is 15.9 Å². The van der Waals surface area contributed by atoms with Crippen LogP contribution in [0.5, 0.6) is 0 Å². The van der Waals surface area contributed by atoms with Crippen LogP contribution in [-0.2, 0) is 0 Å². The smallest absolute Gasteiger partial charge is 0.00355 e. The third-order valence-electron chi connectivity index (χ3n) is 2.03. The lowest BCUT2D eigenvalue weighted by molar-refractivity contribution is 0.268. The lowest BCUT2D eigenvalue weighted by Crippen LogP contribution is -2.27. The van der Waals surface area contributed by atoms with Crippen molar-refractivity contribution in [2.75, 3.05) is 18.9 Å². The molecule has 0 saturated heterocycles. The maximum absolute atomic E-state index is 3.43. The molecule has 0 rings (SSSR count). The summed E-state index contributed by atoms with van der Waals surface area (Å²) >= 11 is 3.43. The van der Waals surface area contributed by atoms with Crippen LogP contribution in [0.2, 0.25) is 0 Å². The zero-order valence-corrected chi connectivity index (χ0v) is 9.52. The van der Waals surface area contributed by atoms with Crippen LogP contribution in [0.3, 0.4) is 0 Å². The Hall–Kier alpha value is 0.440. The highest BCUT2D eigenvalue weighted by Crippen LogP contribution is 2.01. The van der Waals surface area contributed by atoms with Crippen LogP contribution in [-0.4, -0.2) is 29.9 Å². The number of halogens is 1. The van der Waals surface area contributed by atoms with Crippen LogP contribution in [0.1, 0.15) is 33.1 Å². The molecule has 0 aromatic rings. The van der Waals surface area contributed by atoms with Gasteiger partial charge in [-0.25, -0.2) is 0 Å². The molecular weight excluding hydrogens is 202 g/mol. The molecule has 68 valence electrons. The summed E-state index contributed by atoms with van der Waals surface area (Å²) < 4.78 is 0. The zero-order chi connectivity index (χ0) is 8.69. The second-order valence-electron chi connectivity index (χ2n) is 3.32. The number of nitrogens with zero attached hydrogens (tertiary/aromatic N) is 1. The average molecular weight is 222 g/mol. The molecule has 0 aromatic carbocycles. The largest absolute Gasteiger partial charge is 0.304 e. The minimum absolute atomic E-state index is 0.693. The maximum Gasteiger partial charge on any atom is 0.00355 e. The molecule has 11 heavy (non-hydrogen) atoms. The lowest BCUT2D eigenvalue weighted by Gasteiger charge is -2.20. The molecule has 0 spiro atoms. The van der Waals surface area contributed by atoms with Gasteiger partial charge in [-0.05, 0) is 40.3 Å². The van der Waals surface area contributed by atoms with Gasteiger partial charge in [-0.1, -0.05) is 22.4 Å². The minimum Gasteiger partial charge on any atom is -0.304 e. The molecular formula is C9H20BrN. The molecule has 0 bridgehead atoms. The fourth-order valence-electron chi connectivity index (χ4n) is 0.891. The van der Waals surface area contributed by atoms with E-state index in [1.807, 2.05) is 0 Å². The standard InChI is InChI=1S/C9H20BrN/c1-9(2)11(3)8-6-4-5-7-10/h9H,4-8H2,1-3H3. The summed E-state index contributed by atoms with van der Waals surface area (Å²) in [5.74, 6) is 0. The van der Waals surface area contributed by atoms with E-state index in [0.717, 1.165) is 5.33 Å². The van der Waals surface area contributed by atoms with Crippen LogP contribution in [0, 0.1) is 0 Å². The van der Waals surface area contributed by atoms with E-state index in [9.17, 15) is 0 Å². The molecule has 0 fully saturated rings. The lowest BCUT2D eigenvalue weighted by atomic mass is 10.2. The summed E-state index contributed by atoms with van der Waals surface area (Å²) in [7, 11) is 2.19. The number of hydrogen-bond acceptors (Lipinski definition) is 1. The zero-order valence-electron chi connectivity index (χ0n) is 7.94. The van der Waals surface area contributed by atoms with Crippen molar-refractivity contribution < 1.29 is 0 Å². The maximum atomic E-state index is 3.43. The van der Waals surface area contributed by atoms with E-state index in [4.69, 9.17) is 0 Å². The second kappa shape index (κ2) is 7.11. The summed E-state index contributed by atoms with van der Waals surface area (Å²) in [5, 5.41) is 1.15. The van der Waals surface area contributed by atoms with Crippen LogP contribution in [0.15, 0.2) is 0 Å². The first-order chi connectivity index (χ1) is 5.18. The third kappa shape index (κ3) is 6.82. The van der Waals surface area contributed by atoms with E-state index in [0.29, 0.717) is 6.04 Å². The monoisotopic (exact) mass is 221 g/mol. The number of unbranched alkanes of at least 4 members (excludes halogenated alkanes) is 2. The molecule has 0 heterocycles. The van der Waals surface area contributed by atoms with Crippen molar-refractivity contribution in [3.8, 4) is 0 Å². The predicted octanol–water partition coefficient (Wildman–Crippen LogP) is 2.89. The van der Waals surface area contributed by atoms with Crippen molar-refractivity contribution in [3.63, 3.8) is 0 Å². The molecule has 0 aliphatic rings. The summed E-state index contributed by atoms with van der Waals surface area (Å²) in [5.41, 5.74) is 0. The SMILES string of the molecule is CC(C)N(C)CCCCCBr. The molecule has 0 saturated carbocycles. The van der Waals surface area contributed by atoms with Crippen molar-refractivity contribution in [2.24, 2.45) is 0 Å². The predicted molar refractivity (Wildman–Crippen MR) is 55.4 cm³/mol. The summed E-state index contributed by atoms with van der Waals surface area (Å²) in [6.07, 6.45) is 3.99. The van der Waals surface area contributed by atoms with Gasteiger partial charge < -0.3 is 4.90 Å². The molecule has 1 nitrogen and oxygen atoms in total. The first-order valence-corrected chi connectivity index (χ1v) is 5.57. The van der Waals surface area contributed by atoms with Crippen molar-refractivity contribution in [1.82, 2.24) is 4.90 Å². The fourth-order valence-corrected chi connectivity index (χ4v) is 1.29. The van der Waals surface area contributed by atoms with Crippen LogP contribution < -0.4 is 0 Å². The van der Waals surface area contributed by atoms with Gasteiger partial charge in [0, 0.05) is 11.4 Å². The van der Waals surface area contributed by atoms with Crippen LogP contribution in [0.25, 0.3) is 0 Å². The molecule has 0 atom stereocenters. The Bertz CT molecular complexity index is 83.6. The Morgan fingerprint density at radius 1 is 1.18 bits per heavy atom. The van der Waals surface area contributed by atoms with Gasteiger partial charge in [0.2, 0.25) is 0 Å². The molecule has 0 unspecified atom stereocenters. The number of alkyl halides is 1. The Morgan fingerprint density at radius 3 is 2.27 bits per heavy atom. The quantitative estimate of drug-likeness (QED) is 0.493. The van der Waals surface area contributed by atoms with E-state index < -0.39 is 0 Å². The Labute approximate surface area is 79.3 Å². The van der Waals surface area contributed by atoms with Crippen LogP contribution in [0.4, 0.5) is 0 Å². The summed E-state index contributed by atoms with van der Waals surface area (Å²) in [4.78, 5) is 2.40. The van der Waals surface area contributed by atoms with Crippen molar-refractivity contribution in [3.05, 3.63) is 0 Å². The molecule has 0 N–H and O–H groups in total. The van der Waals surface area contributed by atoms with E-state index in [-0.39, 0.29) is 0 Å². The summed E-state index contributed by atoms with van der Waals surface area (Å²) in [6, 6.07) is 0.693. The highest BCUT2D eigenvalue weighted by molar-refractivity contribution is 9.09. The van der Waals surface area contributed by atoms with Gasteiger partial charge in [-0.15, -0.1) is 0 Å². The Balaban J connectivity index is 3.10. The van der Waals surface area contributed by atoms with E-state index in [1.165, 1.54) is 25.8 Å². The van der Waals surface area contributed by atoms with Gasteiger partial charge in [0.05, 0.1) is 0 Å². The molecule has 2 heteroatoms. The molecule has 0 aliphatic carbocycles. The van der Waals surface area contributed by atoms with E-state index in [2.05, 4.69) is 41.7 Å². The van der Waals surface area contributed by atoms with E-state index in [1.54, 1.807) is 0 Å². The van der Waals surface area contributed by atoms with Crippen molar-refractivity contribution >= 4 is 15.9 Å². The van der Waals surface area contributed by atoms with Gasteiger partial charge >= 0.3 is 0 Å². The van der Waals surface area contributed by atoms with Crippen molar-refractivity contribution in [2.45, 2.75) is 39.2 Å². The molecule has 0 amide bonds. The molecule has 0 aliphatic heterocycles. The summed E-state index contributed by atoms with van der Waals surface area (Å²) in [6.45, 7) is 5.72. The Kier molecular flexibility index (Phi) is 7.39. The fraction of sp³-hybridized carbons (Fsp3) is 1.00. The number of hydrogen-bond donors (Lipinski definition) is 0. The minimum atomic E-state index is 0.693. The highest BCUT2D eigenvalue weighted by Gasteiger charge is 2.00. The Morgan fingerprint density at radius 2 is 1.82 bits per heavy atom. The first kappa shape index (κ1) is 11.4. The number of rotatable bonds is 6. The first-order valence-electron chi connectivity index (χ1n) is 4.44. The van der Waals surface area contributed by atoms with Gasteiger partial charge in [-0.3, -0.25) is 0 Å². The third-order valence-corrected chi connectivity index (χ3v) is 2.59. The van der Waals surface area contributed by atoms with E-state index >= 15 is 0 Å². The van der Waals surface area contributed by atoms with Gasteiger partial charge in [0.1, 0.15) is 0 Å². The normalized spacial score (nSPS) is 11.5. The van der Waals surface area contributed by atoms with Gasteiger partial charge in [0.25, 0.3) is 0 Å². The second-order valence-corrected chi connectivity index (χ2v) is 4.12. The molecule has 0 aromatic heterocycles. The topological polar surface area (TPSA) is 3.24 Å². The van der Waals surface area contributed by atoms with Gasteiger partial charge in [0.15, 0.2) is 0 Å². The van der Waals surface area contributed by atoms with Gasteiger partial charge in [-0.2, -0.15) is 0 Å². The average Bonchev–Trinajstić information content (AvgIpc) is 1.97. The molecule has 0 radical (unpaired) electrons.